The van der Waals surface area contributed by atoms with E-state index in [2.05, 4.69) is 10.2 Å². The van der Waals surface area contributed by atoms with Gasteiger partial charge >= 0.3 is 11.2 Å². The number of hydrogen-bond acceptors (Lipinski definition) is 10. The van der Waals surface area contributed by atoms with E-state index in [4.69, 9.17) is 42.1 Å². The summed E-state index contributed by atoms with van der Waals surface area (Å²) in [6.45, 7) is 3.68. The first-order chi connectivity index (χ1) is 19.6. The van der Waals surface area contributed by atoms with E-state index in [9.17, 15) is 14.7 Å². The van der Waals surface area contributed by atoms with Crippen molar-refractivity contribution in [3.05, 3.63) is 90.6 Å². The average molecular weight is 606 g/mol. The second-order valence-corrected chi connectivity index (χ2v) is 10.0. The number of rotatable bonds is 10. The molecule has 0 bridgehead atoms. The molecule has 1 N–H and O–H groups in total. The minimum Gasteiger partial charge on any atom is -0.476 e. The van der Waals surface area contributed by atoms with Gasteiger partial charge in [0.1, 0.15) is 13.5 Å². The molecule has 0 fully saturated rings. The Kier molecular flexibility index (Phi) is 9.84. The number of aliphatic hydroxyl groups is 1. The van der Waals surface area contributed by atoms with E-state index in [1.165, 1.54) is 31.4 Å². The number of ether oxygens (including phenoxy) is 4. The number of benzene rings is 2. The van der Waals surface area contributed by atoms with Gasteiger partial charge in [0, 0.05) is 13.2 Å². The highest BCUT2D eigenvalue weighted by Gasteiger charge is 2.28. The summed E-state index contributed by atoms with van der Waals surface area (Å²) in [4.78, 5) is 26.1. The van der Waals surface area contributed by atoms with Gasteiger partial charge in [-0.15, -0.1) is 10.2 Å². The summed E-state index contributed by atoms with van der Waals surface area (Å²) in [5.41, 5.74) is 0.108. The summed E-state index contributed by atoms with van der Waals surface area (Å²) in [7, 11) is 2.74. The Morgan fingerprint density at radius 2 is 1.73 bits per heavy atom. The summed E-state index contributed by atoms with van der Waals surface area (Å²) >= 11 is 13.1. The van der Waals surface area contributed by atoms with Crippen LogP contribution in [0.15, 0.2) is 68.8 Å². The molecule has 41 heavy (non-hydrogen) atoms. The molecule has 1 aliphatic heterocycles. The van der Waals surface area contributed by atoms with E-state index in [0.29, 0.717) is 5.57 Å². The van der Waals surface area contributed by atoms with Crippen molar-refractivity contribution in [2.24, 2.45) is 11.0 Å². The van der Waals surface area contributed by atoms with Crippen LogP contribution < -0.4 is 20.7 Å². The zero-order chi connectivity index (χ0) is 29.7. The van der Waals surface area contributed by atoms with Gasteiger partial charge in [-0.3, -0.25) is 4.79 Å². The summed E-state index contributed by atoms with van der Waals surface area (Å²) in [5, 5.41) is 20.3. The SMILES string of the molecule is COCN1N=C(Oc2c(Cl)cc(-n3nc(OC)c(=O)n(COCc4ccccc4)c3=O)cc2Cl)C=C(C(C)C)C1O. The first-order valence-electron chi connectivity index (χ1n) is 12.4. The molecule has 4 rings (SSSR count). The topological polar surface area (TPSA) is 130 Å². The number of aliphatic hydroxyl groups excluding tert-OH is 1. The number of hydrogen-bond donors (Lipinski definition) is 1. The van der Waals surface area contributed by atoms with E-state index in [1.54, 1.807) is 6.08 Å². The van der Waals surface area contributed by atoms with Crippen LogP contribution in [-0.4, -0.2) is 57.5 Å². The second-order valence-electron chi connectivity index (χ2n) is 9.21. The Labute approximate surface area is 245 Å². The molecule has 1 unspecified atom stereocenters. The maximum Gasteiger partial charge on any atom is 0.354 e. The smallest absolute Gasteiger partial charge is 0.354 e. The maximum atomic E-state index is 13.3. The molecule has 0 aliphatic carbocycles. The standard InChI is InChI=1S/C27H29Cl2N5O7/c1-16(2)19-12-22(30-33(15-38-3)25(19)35)41-23-20(28)10-18(11-21(23)29)34-27(37)32(26(36)24(31-34)39-4)14-40-13-17-8-6-5-7-9-17/h5-12,16,25,35H,13-15H2,1-4H3. The van der Waals surface area contributed by atoms with Crippen molar-refractivity contribution in [1.29, 1.82) is 0 Å². The zero-order valence-corrected chi connectivity index (χ0v) is 24.3. The molecule has 2 heterocycles. The molecule has 0 amide bonds. The molecule has 1 atom stereocenters. The van der Waals surface area contributed by atoms with Crippen LogP contribution in [0.4, 0.5) is 0 Å². The van der Waals surface area contributed by atoms with Gasteiger partial charge in [-0.1, -0.05) is 67.4 Å². The summed E-state index contributed by atoms with van der Waals surface area (Å²) in [6.07, 6.45) is 0.612. The van der Waals surface area contributed by atoms with Crippen LogP contribution in [0.2, 0.25) is 10.0 Å². The third kappa shape index (κ3) is 6.80. The number of halogens is 2. The summed E-state index contributed by atoms with van der Waals surface area (Å²) in [5.74, 6) is -0.176. The predicted octanol–water partition coefficient (Wildman–Crippen LogP) is 3.40. The Morgan fingerprint density at radius 3 is 2.34 bits per heavy atom. The molecular formula is C27H29Cl2N5O7. The lowest BCUT2D eigenvalue weighted by Gasteiger charge is -2.31. The van der Waals surface area contributed by atoms with Crippen molar-refractivity contribution in [3.8, 4) is 17.3 Å². The fourth-order valence-corrected chi connectivity index (χ4v) is 4.50. The number of aromatic nitrogens is 3. The lowest BCUT2D eigenvalue weighted by Crippen LogP contribution is -2.41. The fraction of sp³-hybridized carbons (Fsp3) is 0.333. The lowest BCUT2D eigenvalue weighted by molar-refractivity contribution is -0.0453. The van der Waals surface area contributed by atoms with E-state index >= 15 is 0 Å². The van der Waals surface area contributed by atoms with Crippen molar-refractivity contribution in [3.63, 3.8) is 0 Å². The molecule has 3 aromatic rings. The van der Waals surface area contributed by atoms with Crippen molar-refractivity contribution in [2.75, 3.05) is 21.0 Å². The molecule has 12 nitrogen and oxygen atoms in total. The van der Waals surface area contributed by atoms with E-state index in [0.717, 1.165) is 14.8 Å². The first-order valence-corrected chi connectivity index (χ1v) is 13.2. The first kappa shape index (κ1) is 30.3. The van der Waals surface area contributed by atoms with E-state index in [-0.39, 0.29) is 59.2 Å². The van der Waals surface area contributed by atoms with Gasteiger partial charge in [0.2, 0.25) is 5.90 Å². The minimum absolute atomic E-state index is 0.0136. The van der Waals surface area contributed by atoms with Gasteiger partial charge < -0.3 is 24.1 Å². The Balaban J connectivity index is 1.66. The van der Waals surface area contributed by atoms with Crippen molar-refractivity contribution < 1.29 is 24.1 Å². The summed E-state index contributed by atoms with van der Waals surface area (Å²) < 4.78 is 23.6. The molecule has 0 saturated carbocycles. The van der Waals surface area contributed by atoms with Crippen molar-refractivity contribution in [1.82, 2.24) is 19.4 Å². The Hall–Kier alpha value is -3.68. The van der Waals surface area contributed by atoms with Crippen molar-refractivity contribution in [2.45, 2.75) is 33.4 Å². The van der Waals surface area contributed by atoms with E-state index in [1.807, 2.05) is 44.2 Å². The minimum atomic E-state index is -0.990. The second kappa shape index (κ2) is 13.3. The normalized spacial score (nSPS) is 15.1. The highest BCUT2D eigenvalue weighted by Crippen LogP contribution is 2.36. The van der Waals surface area contributed by atoms with Crippen LogP contribution in [0.5, 0.6) is 11.6 Å². The van der Waals surface area contributed by atoms with Gasteiger partial charge in [0.05, 0.1) is 29.4 Å². The van der Waals surface area contributed by atoms with E-state index < -0.39 is 17.5 Å². The number of nitrogens with zero attached hydrogens (tertiary/aromatic N) is 5. The number of hydrazone groups is 1. The van der Waals surface area contributed by atoms with Gasteiger partial charge in [0.25, 0.3) is 5.88 Å². The monoisotopic (exact) mass is 605 g/mol. The van der Waals surface area contributed by atoms with Crippen LogP contribution in [0.25, 0.3) is 5.69 Å². The van der Waals surface area contributed by atoms with Gasteiger partial charge in [-0.2, -0.15) is 4.68 Å². The lowest BCUT2D eigenvalue weighted by atomic mass is 10.0. The van der Waals surface area contributed by atoms with Crippen LogP contribution in [0.3, 0.4) is 0 Å². The molecule has 218 valence electrons. The molecule has 0 radical (unpaired) electrons. The summed E-state index contributed by atoms with van der Waals surface area (Å²) in [6, 6.07) is 12.1. The Morgan fingerprint density at radius 1 is 1.05 bits per heavy atom. The van der Waals surface area contributed by atoms with Crippen LogP contribution in [-0.2, 0) is 22.8 Å². The zero-order valence-electron chi connectivity index (χ0n) is 22.8. The van der Waals surface area contributed by atoms with Crippen LogP contribution >= 0.6 is 23.2 Å². The van der Waals surface area contributed by atoms with Gasteiger partial charge in [0.15, 0.2) is 12.0 Å². The highest BCUT2D eigenvalue weighted by molar-refractivity contribution is 6.37. The molecule has 2 aromatic carbocycles. The van der Waals surface area contributed by atoms with Crippen molar-refractivity contribution >= 4 is 29.1 Å². The molecule has 0 saturated heterocycles. The Bertz CT molecular complexity index is 1550. The average Bonchev–Trinajstić information content (AvgIpc) is 2.94. The molecule has 0 spiro atoms. The highest BCUT2D eigenvalue weighted by atomic mass is 35.5. The predicted molar refractivity (Wildman–Crippen MR) is 153 cm³/mol. The van der Waals surface area contributed by atoms with Crippen LogP contribution in [0.1, 0.15) is 19.4 Å². The molecule has 1 aliphatic rings. The maximum absolute atomic E-state index is 13.3. The quantitative estimate of drug-likeness (QED) is 0.369. The third-order valence-electron chi connectivity index (χ3n) is 6.02. The number of methoxy groups -OCH3 is 2. The largest absolute Gasteiger partial charge is 0.476 e. The third-order valence-corrected chi connectivity index (χ3v) is 6.58. The fourth-order valence-electron chi connectivity index (χ4n) is 3.95. The molecule has 14 heteroatoms. The molecule has 1 aromatic heterocycles. The van der Waals surface area contributed by atoms with Gasteiger partial charge in [-0.05, 0) is 29.2 Å². The molecular weight excluding hydrogens is 577 g/mol. The van der Waals surface area contributed by atoms with Crippen LogP contribution in [0, 0.1) is 5.92 Å². The van der Waals surface area contributed by atoms with Gasteiger partial charge in [-0.25, -0.2) is 14.4 Å².